The maximum Gasteiger partial charge on any atom is 0.314 e. The first-order chi connectivity index (χ1) is 36.8. The zero-order chi connectivity index (χ0) is 56.7. The van der Waals surface area contributed by atoms with E-state index < -0.39 is 214 Å². The van der Waals surface area contributed by atoms with Crippen LogP contribution in [0.3, 0.4) is 0 Å². The largest absolute Gasteiger partial charge is 0.432 e. The summed E-state index contributed by atoms with van der Waals surface area (Å²) in [5.74, 6) is -0.995. The quantitative estimate of drug-likeness (QED) is 0.0411. The van der Waals surface area contributed by atoms with Crippen molar-refractivity contribution in [2.45, 2.75) is 231 Å². The zero-order valence-electron chi connectivity index (χ0n) is 43.3. The lowest BCUT2D eigenvalue weighted by Gasteiger charge is -2.64. The third-order valence-electron chi connectivity index (χ3n) is 19.2. The van der Waals surface area contributed by atoms with Crippen molar-refractivity contribution in [1.29, 1.82) is 0 Å². The van der Waals surface area contributed by atoms with Gasteiger partial charge in [0, 0.05) is 0 Å². The third kappa shape index (κ3) is 10.4. The molecule has 28 heteroatoms. The number of rotatable bonds is 15. The van der Waals surface area contributed by atoms with Crippen LogP contribution in [0.4, 0.5) is 0 Å². The molecule has 28 nitrogen and oxygen atoms in total. The van der Waals surface area contributed by atoms with Crippen molar-refractivity contribution in [2.75, 3.05) is 33.0 Å². The Kier molecular flexibility index (Phi) is 18.2. The Morgan fingerprint density at radius 1 is 0.513 bits per heavy atom. The van der Waals surface area contributed by atoms with Gasteiger partial charge in [-0.15, -0.1) is 0 Å². The monoisotopic (exact) mass is 1130 g/mol. The fourth-order valence-electron chi connectivity index (χ4n) is 14.9. The Balaban J connectivity index is 1.03. The molecule has 10 unspecified atom stereocenters. The molecular formula is C50H80O28. The summed E-state index contributed by atoms with van der Waals surface area (Å²) in [6.07, 6.45) is -40.4. The molecule has 5 aliphatic heterocycles. The number of carbonyl (C=O) groups is 1. The number of aliphatic hydroxyl groups excluding tert-OH is 17. The van der Waals surface area contributed by atoms with Crippen LogP contribution in [0.2, 0.25) is 0 Å². The first-order valence-electron chi connectivity index (χ1n) is 26.9. The normalized spacial score (nSPS) is 54.5. The van der Waals surface area contributed by atoms with Crippen molar-refractivity contribution in [1.82, 2.24) is 0 Å². The fourth-order valence-corrected chi connectivity index (χ4v) is 14.9. The summed E-state index contributed by atoms with van der Waals surface area (Å²) in [6.45, 7) is 4.47. The van der Waals surface area contributed by atoms with Crippen molar-refractivity contribution >= 4 is 5.97 Å². The van der Waals surface area contributed by atoms with E-state index in [0.717, 1.165) is 6.42 Å². The van der Waals surface area contributed by atoms with E-state index in [1.807, 2.05) is 6.92 Å². The van der Waals surface area contributed by atoms with Crippen LogP contribution in [0.25, 0.3) is 0 Å². The van der Waals surface area contributed by atoms with Gasteiger partial charge in [0.25, 0.3) is 0 Å². The number of esters is 1. The number of hydrogen-bond acceptors (Lipinski definition) is 28. The fraction of sp³-hybridized carbons (Fsp3) is 0.940. The summed E-state index contributed by atoms with van der Waals surface area (Å²) in [7, 11) is 0. The average Bonchev–Trinajstić information content (AvgIpc) is 3.88. The van der Waals surface area contributed by atoms with E-state index in [2.05, 4.69) is 13.5 Å². The summed E-state index contributed by atoms with van der Waals surface area (Å²) in [5.41, 5.74) is -2.79. The number of hydrogen-bond donors (Lipinski definition) is 17. The van der Waals surface area contributed by atoms with Gasteiger partial charge < -0.3 is 134 Å². The lowest BCUT2D eigenvalue weighted by molar-refractivity contribution is -0.403. The molecule has 0 radical (unpaired) electrons. The molecule has 9 rings (SSSR count). The van der Waals surface area contributed by atoms with Gasteiger partial charge in [-0.25, -0.2) is 0 Å². The average molecular weight is 1130 g/mol. The first kappa shape index (κ1) is 60.8. The molecule has 31 atom stereocenters. The van der Waals surface area contributed by atoms with E-state index in [1.54, 1.807) is 0 Å². The van der Waals surface area contributed by atoms with Crippen LogP contribution in [0.1, 0.15) is 71.6 Å². The Hall–Kier alpha value is -1.83. The number of carbonyl (C=O) groups excluding carboxylic acids is 1. The molecular weight excluding hydrogens is 1050 g/mol. The minimum atomic E-state index is -2.06. The highest BCUT2D eigenvalue weighted by Gasteiger charge is 2.70. The number of aliphatic hydroxyl groups is 17. The lowest BCUT2D eigenvalue weighted by Crippen LogP contribution is -2.68. The Labute approximate surface area is 448 Å². The van der Waals surface area contributed by atoms with Crippen LogP contribution in [-0.2, 0) is 52.2 Å². The molecule has 0 amide bonds. The maximum atomic E-state index is 14.4. The van der Waals surface area contributed by atoms with Gasteiger partial charge in [0.05, 0.1) is 44.1 Å². The second-order valence-electron chi connectivity index (χ2n) is 23.7. The molecule has 448 valence electrons. The van der Waals surface area contributed by atoms with E-state index in [0.29, 0.717) is 50.5 Å². The molecule has 0 aromatic carbocycles. The Morgan fingerprint density at radius 3 is 1.49 bits per heavy atom. The van der Waals surface area contributed by atoms with Gasteiger partial charge in [-0.2, -0.15) is 0 Å². The summed E-state index contributed by atoms with van der Waals surface area (Å²) < 4.78 is 60.5. The van der Waals surface area contributed by atoms with E-state index >= 15 is 0 Å². The highest BCUT2D eigenvalue weighted by Crippen LogP contribution is 2.74. The molecule has 9 fully saturated rings. The summed E-state index contributed by atoms with van der Waals surface area (Å²) in [6, 6.07) is 0. The summed E-state index contributed by atoms with van der Waals surface area (Å²) in [4.78, 5) is 14.4. The van der Waals surface area contributed by atoms with Crippen LogP contribution in [0, 0.1) is 28.1 Å². The van der Waals surface area contributed by atoms with Crippen LogP contribution in [-0.4, -0.2) is 285 Å². The van der Waals surface area contributed by atoms with Gasteiger partial charge in [0.2, 0.25) is 6.29 Å². The van der Waals surface area contributed by atoms with Crippen LogP contribution >= 0.6 is 0 Å². The van der Waals surface area contributed by atoms with E-state index in [9.17, 15) is 91.6 Å². The molecule has 5 heterocycles. The highest BCUT2D eigenvalue weighted by atomic mass is 16.8. The molecule has 5 saturated heterocycles. The lowest BCUT2D eigenvalue weighted by atomic mass is 9.41. The second kappa shape index (κ2) is 23.3. The molecule has 78 heavy (non-hydrogen) atoms. The van der Waals surface area contributed by atoms with E-state index in [-0.39, 0.29) is 18.3 Å². The Bertz CT molecular complexity index is 2070. The molecule has 2 bridgehead atoms. The van der Waals surface area contributed by atoms with Gasteiger partial charge in [-0.3, -0.25) is 4.79 Å². The van der Waals surface area contributed by atoms with Crippen LogP contribution in [0.5, 0.6) is 0 Å². The SMILES string of the molecule is C=C1C[C@@]23CC[C@H]4[C@@](C)(CCC[C@@]4(C)C(=O)O[C@@H]4OC(CO)[C@@H](O)[C@H](O)C4O)[C@@H]2CC[C@]1(O[C@@H]1OC(CO[C@H]2OC(CO)[C@@H](O)[C@H](O)C2O)[C@@H](O)[C@H](O[C@@H]2OC(CO)[C@@H](O)[C@H](O)C2O)C1O[C@@H]1OC(CO)[C@@H](O)[C@H](O)C1O)C3. The predicted octanol–water partition coefficient (Wildman–Crippen LogP) is -7.29. The van der Waals surface area contributed by atoms with Crippen molar-refractivity contribution in [2.24, 2.45) is 28.1 Å². The zero-order valence-corrected chi connectivity index (χ0v) is 43.3. The molecule has 4 saturated carbocycles. The minimum Gasteiger partial charge on any atom is -0.432 e. The molecule has 0 aromatic rings. The number of fused-ring (bicyclic) bond motifs is 3. The molecule has 17 N–H and O–H groups in total. The van der Waals surface area contributed by atoms with Crippen molar-refractivity contribution in [3.8, 4) is 0 Å². The van der Waals surface area contributed by atoms with Gasteiger partial charge in [0.15, 0.2) is 25.2 Å². The van der Waals surface area contributed by atoms with Crippen molar-refractivity contribution < 1.29 is 139 Å². The molecule has 4 aliphatic carbocycles. The molecule has 0 aromatic heterocycles. The summed E-state index contributed by atoms with van der Waals surface area (Å²) in [5, 5.41) is 181. The molecule has 9 aliphatic rings. The van der Waals surface area contributed by atoms with Crippen LogP contribution < -0.4 is 0 Å². The Morgan fingerprint density at radius 2 is 0.962 bits per heavy atom. The second-order valence-corrected chi connectivity index (χ2v) is 23.7. The summed E-state index contributed by atoms with van der Waals surface area (Å²) >= 11 is 0. The third-order valence-corrected chi connectivity index (χ3v) is 19.2. The van der Waals surface area contributed by atoms with Gasteiger partial charge in [0.1, 0.15) is 122 Å². The van der Waals surface area contributed by atoms with Gasteiger partial charge in [-0.05, 0) is 86.5 Å². The van der Waals surface area contributed by atoms with Gasteiger partial charge >= 0.3 is 5.97 Å². The van der Waals surface area contributed by atoms with Crippen molar-refractivity contribution in [3.63, 3.8) is 0 Å². The first-order valence-corrected chi connectivity index (χ1v) is 26.9. The van der Waals surface area contributed by atoms with Gasteiger partial charge in [-0.1, -0.05) is 19.9 Å². The minimum absolute atomic E-state index is 0.0587. The smallest absolute Gasteiger partial charge is 0.314 e. The predicted molar refractivity (Wildman–Crippen MR) is 252 cm³/mol. The van der Waals surface area contributed by atoms with Crippen LogP contribution in [0.15, 0.2) is 12.2 Å². The number of ether oxygens (including phenoxy) is 10. The topological polar surface area (TPSA) is 453 Å². The highest BCUT2D eigenvalue weighted by molar-refractivity contribution is 5.77. The standard InChI is InChI=1S/C50H80O28/c1-18-11-49-9-5-24-47(2,7-4-8-48(24,3)46(68)77-44-38(67)34(63)29(58)22(15-54)73-44)25(49)6-10-50(18,17-49)78-45-40(76-43-37(66)33(62)28(57)21(14-53)72-43)39(75-42-36(65)32(61)27(56)20(13-52)71-42)30(59)23(74-45)16-69-41-35(64)31(60)26(55)19(12-51)70-41/h19-45,51-67H,1,4-17H2,2-3H3/t19?,20?,21?,22?,23?,24-,25-,26+,27+,28+,29+,30+,31-,32-,33-,34-,35?,36?,37?,38?,39-,40?,41-,42-,43-,44-,45-,47+,48+,49+,50-/m0/s1. The van der Waals surface area contributed by atoms with Crippen molar-refractivity contribution in [3.05, 3.63) is 12.2 Å². The van der Waals surface area contributed by atoms with E-state index in [4.69, 9.17) is 47.4 Å². The van der Waals surface area contributed by atoms with E-state index in [1.165, 1.54) is 0 Å². The molecule has 1 spiro atoms. The maximum absolute atomic E-state index is 14.4.